The van der Waals surface area contributed by atoms with Gasteiger partial charge in [0.25, 0.3) is 0 Å². The van der Waals surface area contributed by atoms with E-state index in [0.29, 0.717) is 6.04 Å². The van der Waals surface area contributed by atoms with Crippen LogP contribution in [-0.2, 0) is 6.42 Å². The predicted molar refractivity (Wildman–Crippen MR) is 97.4 cm³/mol. The highest BCUT2D eigenvalue weighted by Crippen LogP contribution is 2.26. The second-order valence-corrected chi connectivity index (χ2v) is 6.74. The van der Waals surface area contributed by atoms with Gasteiger partial charge in [0, 0.05) is 25.7 Å². The number of rotatable bonds is 5. The highest BCUT2D eigenvalue weighted by molar-refractivity contribution is 5.63. The van der Waals surface area contributed by atoms with Gasteiger partial charge >= 0.3 is 0 Å². The van der Waals surface area contributed by atoms with Crippen molar-refractivity contribution in [3.8, 4) is 17.0 Å². The number of benzene rings is 1. The maximum absolute atomic E-state index is 10.1. The number of phenolic OH excluding ortho intramolecular Hbond substituents is 1. The third-order valence-corrected chi connectivity index (χ3v) is 4.58. The third kappa shape index (κ3) is 4.23. The van der Waals surface area contributed by atoms with Crippen LogP contribution in [0.1, 0.15) is 31.2 Å². The van der Waals surface area contributed by atoms with Crippen molar-refractivity contribution in [2.45, 2.75) is 38.1 Å². The van der Waals surface area contributed by atoms with Crippen LogP contribution in [0.3, 0.4) is 0 Å². The predicted octanol–water partition coefficient (Wildman–Crippen LogP) is 2.99. The lowest BCUT2D eigenvalue weighted by molar-refractivity contribution is 0.382. The summed E-state index contributed by atoms with van der Waals surface area (Å²) in [6.45, 7) is 1.13. The highest BCUT2D eigenvalue weighted by Gasteiger charge is 2.13. The third-order valence-electron chi connectivity index (χ3n) is 4.58. The summed E-state index contributed by atoms with van der Waals surface area (Å²) < 4.78 is 0. The Morgan fingerprint density at radius 2 is 2.04 bits per heavy atom. The van der Waals surface area contributed by atoms with Gasteiger partial charge in [-0.2, -0.15) is 0 Å². The lowest BCUT2D eigenvalue weighted by Gasteiger charge is -2.23. The summed E-state index contributed by atoms with van der Waals surface area (Å²) in [5.74, 6) is 1.11. The molecule has 0 bridgehead atoms. The van der Waals surface area contributed by atoms with Gasteiger partial charge in [0.1, 0.15) is 5.75 Å². The van der Waals surface area contributed by atoms with Crippen molar-refractivity contribution < 1.29 is 5.11 Å². The highest BCUT2D eigenvalue weighted by atomic mass is 16.3. The quantitative estimate of drug-likeness (QED) is 0.884. The molecule has 0 amide bonds. The molecule has 2 N–H and O–H groups in total. The fourth-order valence-electron chi connectivity index (χ4n) is 3.20. The lowest BCUT2D eigenvalue weighted by Crippen LogP contribution is -2.34. The summed E-state index contributed by atoms with van der Waals surface area (Å²) in [6, 6.07) is 10.2. The normalized spacial score (nSPS) is 17.7. The van der Waals surface area contributed by atoms with Crippen LogP contribution in [-0.4, -0.2) is 42.0 Å². The second kappa shape index (κ2) is 7.62. The Balaban J connectivity index is 1.73. The van der Waals surface area contributed by atoms with E-state index in [4.69, 9.17) is 0 Å². The zero-order valence-electron chi connectivity index (χ0n) is 14.5. The van der Waals surface area contributed by atoms with Crippen molar-refractivity contribution in [3.05, 3.63) is 35.9 Å². The average Bonchev–Trinajstić information content (AvgIpc) is 2.60. The number of aromatic hydroxyl groups is 1. The molecule has 1 aliphatic heterocycles. The molecule has 0 aliphatic carbocycles. The summed E-state index contributed by atoms with van der Waals surface area (Å²) >= 11 is 0. The molecule has 0 saturated carbocycles. The number of phenols is 1. The van der Waals surface area contributed by atoms with Crippen molar-refractivity contribution in [1.82, 2.24) is 15.5 Å². The molecular weight excluding hydrogens is 300 g/mol. The molecule has 1 unspecified atom stereocenters. The van der Waals surface area contributed by atoms with E-state index in [1.54, 1.807) is 6.07 Å². The van der Waals surface area contributed by atoms with Crippen LogP contribution in [0.2, 0.25) is 0 Å². The van der Waals surface area contributed by atoms with Gasteiger partial charge < -0.3 is 15.3 Å². The molecule has 1 saturated heterocycles. The van der Waals surface area contributed by atoms with Crippen LogP contribution >= 0.6 is 0 Å². The molecule has 2 heterocycles. The molecule has 0 radical (unpaired) electrons. The lowest BCUT2D eigenvalue weighted by atomic mass is 9.96. The van der Waals surface area contributed by atoms with Crippen LogP contribution < -0.4 is 10.2 Å². The first kappa shape index (κ1) is 16.7. The van der Waals surface area contributed by atoms with Crippen molar-refractivity contribution in [1.29, 1.82) is 0 Å². The number of anilines is 1. The molecule has 1 aliphatic rings. The SMILES string of the molecule is CN(C)c1ccc(-c2cc(O)cc(CCC3CCCCN3)c2)nn1. The molecule has 1 aromatic heterocycles. The number of nitrogens with zero attached hydrogens (tertiary/aromatic N) is 3. The molecule has 1 aromatic carbocycles. The Hall–Kier alpha value is -2.14. The number of aryl methyl sites for hydroxylation is 1. The van der Waals surface area contributed by atoms with Gasteiger partial charge in [-0.1, -0.05) is 6.42 Å². The summed E-state index contributed by atoms with van der Waals surface area (Å²) in [6.07, 6.45) is 5.92. The van der Waals surface area contributed by atoms with Crippen molar-refractivity contribution >= 4 is 5.82 Å². The van der Waals surface area contributed by atoms with Gasteiger partial charge in [-0.05, 0) is 68.1 Å². The Morgan fingerprint density at radius 3 is 2.71 bits per heavy atom. The first-order valence-electron chi connectivity index (χ1n) is 8.69. The monoisotopic (exact) mass is 326 g/mol. The van der Waals surface area contributed by atoms with Crippen LogP contribution in [0, 0.1) is 0 Å². The fourth-order valence-corrected chi connectivity index (χ4v) is 3.20. The van der Waals surface area contributed by atoms with E-state index in [9.17, 15) is 5.11 Å². The molecule has 1 fully saturated rings. The largest absolute Gasteiger partial charge is 0.508 e. The average molecular weight is 326 g/mol. The van der Waals surface area contributed by atoms with Gasteiger partial charge in [0.15, 0.2) is 5.82 Å². The summed E-state index contributed by atoms with van der Waals surface area (Å²) in [5.41, 5.74) is 2.85. The Labute approximate surface area is 143 Å². The summed E-state index contributed by atoms with van der Waals surface area (Å²) in [4.78, 5) is 1.92. The first-order valence-corrected chi connectivity index (χ1v) is 8.69. The second-order valence-electron chi connectivity index (χ2n) is 6.74. The van der Waals surface area contributed by atoms with Crippen LogP contribution in [0.5, 0.6) is 5.75 Å². The van der Waals surface area contributed by atoms with E-state index in [1.165, 1.54) is 19.3 Å². The first-order chi connectivity index (χ1) is 11.6. The van der Waals surface area contributed by atoms with Gasteiger partial charge in [0.2, 0.25) is 0 Å². The number of nitrogens with one attached hydrogen (secondary N) is 1. The van der Waals surface area contributed by atoms with Gasteiger partial charge in [0.05, 0.1) is 5.69 Å². The molecular formula is C19H26N4O. The van der Waals surface area contributed by atoms with Gasteiger partial charge in [-0.3, -0.25) is 0 Å². The molecule has 24 heavy (non-hydrogen) atoms. The molecule has 0 spiro atoms. The number of hydrogen-bond acceptors (Lipinski definition) is 5. The Kier molecular flexibility index (Phi) is 5.30. The minimum Gasteiger partial charge on any atom is -0.508 e. The van der Waals surface area contributed by atoms with Crippen LogP contribution in [0.15, 0.2) is 30.3 Å². The van der Waals surface area contributed by atoms with Crippen LogP contribution in [0.25, 0.3) is 11.3 Å². The minimum absolute atomic E-state index is 0.289. The molecule has 128 valence electrons. The van der Waals surface area contributed by atoms with E-state index in [0.717, 1.165) is 42.0 Å². The van der Waals surface area contributed by atoms with E-state index in [2.05, 4.69) is 21.6 Å². The number of aromatic nitrogens is 2. The Morgan fingerprint density at radius 1 is 1.17 bits per heavy atom. The van der Waals surface area contributed by atoms with E-state index in [1.807, 2.05) is 37.2 Å². The number of piperidine rings is 1. The van der Waals surface area contributed by atoms with Crippen molar-refractivity contribution in [3.63, 3.8) is 0 Å². The topological polar surface area (TPSA) is 61.3 Å². The molecule has 5 heteroatoms. The Bertz CT molecular complexity index is 664. The van der Waals surface area contributed by atoms with E-state index < -0.39 is 0 Å². The summed E-state index contributed by atoms with van der Waals surface area (Å²) in [5, 5.41) is 22.1. The van der Waals surface area contributed by atoms with Gasteiger partial charge in [-0.25, -0.2) is 0 Å². The maximum atomic E-state index is 10.1. The molecule has 1 atom stereocenters. The smallest absolute Gasteiger partial charge is 0.150 e. The standard InChI is InChI=1S/C19H26N4O/c1-23(2)19-9-8-18(21-22-19)15-11-14(12-17(24)13-15)6-7-16-5-3-4-10-20-16/h8-9,11-13,16,20,24H,3-7,10H2,1-2H3. The van der Waals surface area contributed by atoms with Gasteiger partial charge in [-0.15, -0.1) is 10.2 Å². The zero-order chi connectivity index (χ0) is 16.9. The molecule has 5 nitrogen and oxygen atoms in total. The fraction of sp³-hybridized carbons (Fsp3) is 0.474. The molecule has 2 aromatic rings. The van der Waals surface area contributed by atoms with E-state index >= 15 is 0 Å². The van der Waals surface area contributed by atoms with Crippen molar-refractivity contribution in [2.24, 2.45) is 0 Å². The van der Waals surface area contributed by atoms with Crippen molar-refractivity contribution in [2.75, 3.05) is 25.5 Å². The minimum atomic E-state index is 0.289. The van der Waals surface area contributed by atoms with E-state index in [-0.39, 0.29) is 5.75 Å². The maximum Gasteiger partial charge on any atom is 0.150 e. The number of hydrogen-bond donors (Lipinski definition) is 2. The van der Waals surface area contributed by atoms with Crippen LogP contribution in [0.4, 0.5) is 5.82 Å². The molecule has 3 rings (SSSR count). The zero-order valence-corrected chi connectivity index (χ0v) is 14.5. The summed E-state index contributed by atoms with van der Waals surface area (Å²) in [7, 11) is 3.88.